The van der Waals surface area contributed by atoms with Crippen LogP contribution in [-0.2, 0) is 0 Å². The average Bonchev–Trinajstić information content (AvgIpc) is 2.07. The first-order chi connectivity index (χ1) is 5.74. The van der Waals surface area contributed by atoms with Gasteiger partial charge in [-0.05, 0) is 6.07 Å². The molecule has 0 aliphatic carbocycles. The first-order valence-corrected chi connectivity index (χ1v) is 4.67. The van der Waals surface area contributed by atoms with Crippen LogP contribution in [-0.4, -0.2) is 10.3 Å². The van der Waals surface area contributed by atoms with Gasteiger partial charge in [0.2, 0.25) is 0 Å². The summed E-state index contributed by atoms with van der Waals surface area (Å²) in [5.74, 6) is 5.40. The van der Waals surface area contributed by atoms with Crippen molar-refractivity contribution in [2.24, 2.45) is 0 Å². The van der Waals surface area contributed by atoms with Crippen molar-refractivity contribution in [3.05, 3.63) is 33.2 Å². The van der Waals surface area contributed by atoms with Gasteiger partial charge in [0.25, 0.3) is 5.56 Å². The Kier molecular flexibility index (Phi) is 3.39. The number of nitrogens with one attached hydrogen (secondary N) is 1. The van der Waals surface area contributed by atoms with Crippen LogP contribution in [0.15, 0.2) is 17.1 Å². The van der Waals surface area contributed by atoms with Crippen LogP contribution < -0.4 is 5.56 Å². The Bertz CT molecular complexity index is 388. The van der Waals surface area contributed by atoms with Crippen molar-refractivity contribution in [2.45, 2.75) is 0 Å². The highest BCUT2D eigenvalue weighted by Crippen LogP contribution is 2.03. The summed E-state index contributed by atoms with van der Waals surface area (Å²) >= 11 is 8.78. The van der Waals surface area contributed by atoms with Gasteiger partial charge in [-0.15, -0.1) is 0 Å². The van der Waals surface area contributed by atoms with Gasteiger partial charge in [-0.2, -0.15) is 0 Å². The first-order valence-electron chi connectivity index (χ1n) is 3.17. The molecule has 1 rings (SSSR count). The lowest BCUT2D eigenvalue weighted by atomic mass is 10.3. The van der Waals surface area contributed by atoms with E-state index in [4.69, 9.17) is 11.6 Å². The summed E-state index contributed by atoms with van der Waals surface area (Å²) in [6, 6.07) is 1.54. The number of rotatable bonds is 0. The van der Waals surface area contributed by atoms with Crippen LogP contribution in [0.1, 0.15) is 5.56 Å². The van der Waals surface area contributed by atoms with E-state index in [0.29, 0.717) is 15.9 Å². The minimum absolute atomic E-state index is 0.215. The average molecular weight is 246 g/mol. The normalized spacial score (nSPS) is 8.83. The van der Waals surface area contributed by atoms with Crippen LogP contribution >= 0.6 is 27.5 Å². The SMILES string of the molecule is O=c1[nH]cc(Cl)cc1C#CCBr. The lowest BCUT2D eigenvalue weighted by Gasteiger charge is -1.89. The number of H-pyrrole nitrogens is 1. The molecule has 0 saturated heterocycles. The molecule has 0 radical (unpaired) electrons. The molecule has 2 nitrogen and oxygen atoms in total. The van der Waals surface area contributed by atoms with E-state index in [0.717, 1.165) is 0 Å². The van der Waals surface area contributed by atoms with E-state index in [9.17, 15) is 4.79 Å². The summed E-state index contributed by atoms with van der Waals surface area (Å²) in [6.45, 7) is 0. The lowest BCUT2D eigenvalue weighted by Crippen LogP contribution is -2.08. The summed E-state index contributed by atoms with van der Waals surface area (Å²) in [7, 11) is 0. The molecule has 1 aromatic heterocycles. The summed E-state index contributed by atoms with van der Waals surface area (Å²) in [5, 5.41) is 1.02. The predicted molar refractivity (Wildman–Crippen MR) is 52.7 cm³/mol. The minimum atomic E-state index is -0.215. The van der Waals surface area contributed by atoms with Crippen molar-refractivity contribution in [3.63, 3.8) is 0 Å². The molecule has 1 N–H and O–H groups in total. The van der Waals surface area contributed by atoms with E-state index in [2.05, 4.69) is 32.8 Å². The van der Waals surface area contributed by atoms with E-state index in [1.165, 1.54) is 12.3 Å². The number of aromatic nitrogens is 1. The van der Waals surface area contributed by atoms with Crippen LogP contribution in [0.25, 0.3) is 0 Å². The zero-order valence-corrected chi connectivity index (χ0v) is 8.37. The Labute approximate surface area is 83.1 Å². The second kappa shape index (κ2) is 4.34. The number of alkyl halides is 1. The fourth-order valence-electron chi connectivity index (χ4n) is 0.679. The van der Waals surface area contributed by atoms with Gasteiger partial charge in [0.1, 0.15) is 0 Å². The van der Waals surface area contributed by atoms with E-state index in [-0.39, 0.29) is 5.56 Å². The summed E-state index contributed by atoms with van der Waals surface area (Å²) in [6.07, 6.45) is 1.43. The van der Waals surface area contributed by atoms with Gasteiger partial charge in [0, 0.05) is 6.20 Å². The lowest BCUT2D eigenvalue weighted by molar-refractivity contribution is 1.22. The molecule has 0 fully saturated rings. The van der Waals surface area contributed by atoms with Gasteiger partial charge in [-0.25, -0.2) is 0 Å². The summed E-state index contributed by atoms with van der Waals surface area (Å²) in [5.41, 5.74) is 0.176. The third kappa shape index (κ3) is 2.40. The van der Waals surface area contributed by atoms with Gasteiger partial charge < -0.3 is 4.98 Å². The molecule has 0 aliphatic heterocycles. The Morgan fingerprint density at radius 3 is 3.08 bits per heavy atom. The third-order valence-corrected chi connectivity index (χ3v) is 1.66. The fraction of sp³-hybridized carbons (Fsp3) is 0.125. The van der Waals surface area contributed by atoms with Gasteiger partial charge in [0.05, 0.1) is 15.9 Å². The second-order valence-electron chi connectivity index (χ2n) is 2.00. The molecule has 0 saturated carbocycles. The van der Waals surface area contributed by atoms with E-state index in [1.807, 2.05) is 0 Å². The molecule has 0 spiro atoms. The largest absolute Gasteiger partial charge is 0.327 e. The van der Waals surface area contributed by atoms with Crippen LogP contribution in [0, 0.1) is 11.8 Å². The number of hydrogen-bond donors (Lipinski definition) is 1. The monoisotopic (exact) mass is 245 g/mol. The Morgan fingerprint density at radius 2 is 2.42 bits per heavy atom. The zero-order chi connectivity index (χ0) is 8.97. The molecule has 0 amide bonds. The topological polar surface area (TPSA) is 32.9 Å². The Balaban J connectivity index is 3.14. The molecule has 4 heteroatoms. The van der Waals surface area contributed by atoms with Crippen molar-refractivity contribution >= 4 is 27.5 Å². The third-order valence-electron chi connectivity index (χ3n) is 1.16. The number of aromatic amines is 1. The van der Waals surface area contributed by atoms with Crippen LogP contribution in [0.3, 0.4) is 0 Å². The number of pyridine rings is 1. The molecule has 0 aromatic carbocycles. The molecule has 0 atom stereocenters. The maximum atomic E-state index is 11.0. The Hall–Kier alpha value is -0.720. The standard InChI is InChI=1S/C8H5BrClNO/c9-3-1-2-6-4-7(10)5-11-8(6)12/h4-5H,3H2,(H,11,12). The summed E-state index contributed by atoms with van der Waals surface area (Å²) < 4.78 is 0. The number of halogens is 2. The highest BCUT2D eigenvalue weighted by Gasteiger charge is 1.95. The van der Waals surface area contributed by atoms with Crippen molar-refractivity contribution < 1.29 is 0 Å². The van der Waals surface area contributed by atoms with Crippen LogP contribution in [0.4, 0.5) is 0 Å². The van der Waals surface area contributed by atoms with E-state index < -0.39 is 0 Å². The van der Waals surface area contributed by atoms with Gasteiger partial charge >= 0.3 is 0 Å². The maximum Gasteiger partial charge on any atom is 0.263 e. The van der Waals surface area contributed by atoms with E-state index in [1.54, 1.807) is 0 Å². The molecular formula is C8H5BrClNO. The molecule has 62 valence electrons. The van der Waals surface area contributed by atoms with Crippen molar-refractivity contribution in [1.82, 2.24) is 4.98 Å². The molecule has 0 bridgehead atoms. The van der Waals surface area contributed by atoms with Crippen molar-refractivity contribution in [2.75, 3.05) is 5.33 Å². The molecule has 0 unspecified atom stereocenters. The molecule has 12 heavy (non-hydrogen) atoms. The fourth-order valence-corrected chi connectivity index (χ4v) is 0.983. The van der Waals surface area contributed by atoms with Crippen molar-refractivity contribution in [3.8, 4) is 11.8 Å². The predicted octanol–water partition coefficient (Wildman–Crippen LogP) is 1.77. The van der Waals surface area contributed by atoms with Gasteiger partial charge in [-0.3, -0.25) is 4.79 Å². The highest BCUT2D eigenvalue weighted by atomic mass is 79.9. The molecule has 1 heterocycles. The van der Waals surface area contributed by atoms with Crippen LogP contribution in [0.5, 0.6) is 0 Å². The molecular weight excluding hydrogens is 241 g/mol. The molecule has 1 aromatic rings. The maximum absolute atomic E-state index is 11.0. The van der Waals surface area contributed by atoms with Crippen molar-refractivity contribution in [1.29, 1.82) is 0 Å². The smallest absolute Gasteiger partial charge is 0.263 e. The molecule has 0 aliphatic rings. The van der Waals surface area contributed by atoms with E-state index >= 15 is 0 Å². The first kappa shape index (κ1) is 9.37. The zero-order valence-electron chi connectivity index (χ0n) is 6.03. The minimum Gasteiger partial charge on any atom is -0.327 e. The summed E-state index contributed by atoms with van der Waals surface area (Å²) in [4.78, 5) is 13.5. The Morgan fingerprint density at radius 1 is 1.67 bits per heavy atom. The second-order valence-corrected chi connectivity index (χ2v) is 2.99. The van der Waals surface area contributed by atoms with Gasteiger partial charge in [0.15, 0.2) is 0 Å². The highest BCUT2D eigenvalue weighted by molar-refractivity contribution is 9.09. The quantitative estimate of drug-likeness (QED) is 0.549. The number of hydrogen-bond acceptors (Lipinski definition) is 1. The van der Waals surface area contributed by atoms with Crippen LogP contribution in [0.2, 0.25) is 5.02 Å². The van der Waals surface area contributed by atoms with Gasteiger partial charge in [-0.1, -0.05) is 39.4 Å².